The highest BCUT2D eigenvalue weighted by Gasteiger charge is 2.16. The van der Waals surface area contributed by atoms with Gasteiger partial charge in [-0.15, -0.1) is 0 Å². The normalized spacial score (nSPS) is 14.4. The van der Waals surface area contributed by atoms with Crippen molar-refractivity contribution in [3.05, 3.63) is 83.9 Å². The van der Waals surface area contributed by atoms with Crippen molar-refractivity contribution in [3.8, 4) is 0 Å². The number of ether oxygens (including phenoxy) is 1. The Morgan fingerprint density at radius 2 is 1.63 bits per heavy atom. The lowest BCUT2D eigenvalue weighted by Crippen LogP contribution is -2.37. The van der Waals surface area contributed by atoms with Crippen molar-refractivity contribution in [2.45, 2.75) is 6.92 Å². The molecular weight excluding hydrogens is 438 g/mol. The SMILES string of the molecule is CC(/C=N\Nc1nc(Nc2ccc3ccccc3c2)nc(N2CCOCC2)n1)=C\c1ccccc1. The zero-order valence-corrected chi connectivity index (χ0v) is 19.6. The van der Waals surface area contributed by atoms with Crippen molar-refractivity contribution >= 4 is 46.6 Å². The van der Waals surface area contributed by atoms with Crippen LogP contribution in [0.2, 0.25) is 0 Å². The summed E-state index contributed by atoms with van der Waals surface area (Å²) in [6.07, 6.45) is 3.81. The fourth-order valence-corrected chi connectivity index (χ4v) is 3.81. The Kier molecular flexibility index (Phi) is 6.91. The molecule has 5 rings (SSSR count). The number of nitrogens with zero attached hydrogens (tertiary/aromatic N) is 5. The maximum atomic E-state index is 5.48. The molecular formula is C27H27N7O. The first-order chi connectivity index (χ1) is 17.2. The molecule has 0 radical (unpaired) electrons. The van der Waals surface area contributed by atoms with E-state index in [0.717, 1.165) is 35.3 Å². The van der Waals surface area contributed by atoms with Crippen molar-refractivity contribution in [3.63, 3.8) is 0 Å². The lowest BCUT2D eigenvalue weighted by molar-refractivity contribution is 0.122. The van der Waals surface area contributed by atoms with Gasteiger partial charge in [0.25, 0.3) is 0 Å². The van der Waals surface area contributed by atoms with Crippen molar-refractivity contribution in [1.29, 1.82) is 0 Å². The van der Waals surface area contributed by atoms with Crippen molar-refractivity contribution < 1.29 is 4.74 Å². The van der Waals surface area contributed by atoms with Crippen molar-refractivity contribution in [1.82, 2.24) is 15.0 Å². The summed E-state index contributed by atoms with van der Waals surface area (Å²) >= 11 is 0. The topological polar surface area (TPSA) is 87.6 Å². The number of hydrogen-bond donors (Lipinski definition) is 2. The Bertz CT molecular complexity index is 1350. The first-order valence-corrected chi connectivity index (χ1v) is 11.6. The first kappa shape index (κ1) is 22.5. The Balaban J connectivity index is 1.38. The number of benzene rings is 3. The van der Waals surface area contributed by atoms with Gasteiger partial charge in [0.05, 0.1) is 19.4 Å². The quantitative estimate of drug-likeness (QED) is 0.290. The van der Waals surface area contributed by atoms with E-state index in [2.05, 4.69) is 78.2 Å². The number of rotatable bonds is 7. The molecule has 1 saturated heterocycles. The van der Waals surface area contributed by atoms with E-state index in [1.165, 1.54) is 5.39 Å². The summed E-state index contributed by atoms with van der Waals surface area (Å²) in [5.41, 5.74) is 5.99. The molecule has 35 heavy (non-hydrogen) atoms. The van der Waals surface area contributed by atoms with E-state index < -0.39 is 0 Å². The lowest BCUT2D eigenvalue weighted by Gasteiger charge is -2.27. The maximum Gasteiger partial charge on any atom is 0.250 e. The van der Waals surface area contributed by atoms with Crippen LogP contribution in [-0.2, 0) is 4.74 Å². The summed E-state index contributed by atoms with van der Waals surface area (Å²) in [5.74, 6) is 1.40. The number of anilines is 4. The number of allylic oxidation sites excluding steroid dienone is 1. The molecule has 1 aliphatic heterocycles. The minimum absolute atomic E-state index is 0.369. The highest BCUT2D eigenvalue weighted by Crippen LogP contribution is 2.23. The fraction of sp³-hybridized carbons (Fsp3) is 0.185. The number of hydrazone groups is 1. The van der Waals surface area contributed by atoms with Gasteiger partial charge in [0.2, 0.25) is 17.8 Å². The van der Waals surface area contributed by atoms with Crippen LogP contribution < -0.4 is 15.6 Å². The Labute approximate surface area is 204 Å². The van der Waals surface area contributed by atoms with Gasteiger partial charge in [0, 0.05) is 18.8 Å². The van der Waals surface area contributed by atoms with E-state index in [0.29, 0.717) is 31.1 Å². The minimum atomic E-state index is 0.369. The molecule has 0 amide bonds. The van der Waals surface area contributed by atoms with Gasteiger partial charge in [-0.05, 0) is 41.0 Å². The molecule has 1 aliphatic rings. The molecule has 2 heterocycles. The number of morpholine rings is 1. The van der Waals surface area contributed by atoms with Gasteiger partial charge in [0.15, 0.2) is 0 Å². The van der Waals surface area contributed by atoms with Crippen LogP contribution >= 0.6 is 0 Å². The molecule has 1 aromatic heterocycles. The van der Waals surface area contributed by atoms with E-state index in [-0.39, 0.29) is 0 Å². The molecule has 4 aromatic rings. The zero-order chi connectivity index (χ0) is 23.9. The zero-order valence-electron chi connectivity index (χ0n) is 19.6. The van der Waals surface area contributed by atoms with E-state index in [9.17, 15) is 0 Å². The predicted octanol–water partition coefficient (Wildman–Crippen LogP) is 5.11. The molecule has 1 fully saturated rings. The van der Waals surface area contributed by atoms with Crippen LogP contribution in [0.4, 0.5) is 23.5 Å². The van der Waals surface area contributed by atoms with Crippen LogP contribution in [0.5, 0.6) is 0 Å². The van der Waals surface area contributed by atoms with Crippen molar-refractivity contribution in [2.75, 3.05) is 41.9 Å². The number of hydrogen-bond acceptors (Lipinski definition) is 8. The smallest absolute Gasteiger partial charge is 0.250 e. The third-order valence-corrected chi connectivity index (χ3v) is 5.55. The minimum Gasteiger partial charge on any atom is -0.378 e. The summed E-state index contributed by atoms with van der Waals surface area (Å²) in [4.78, 5) is 15.9. The van der Waals surface area contributed by atoms with Gasteiger partial charge in [0.1, 0.15) is 0 Å². The average molecular weight is 466 g/mol. The molecule has 0 saturated carbocycles. The van der Waals surface area contributed by atoms with Gasteiger partial charge < -0.3 is 15.0 Å². The molecule has 0 aliphatic carbocycles. The number of fused-ring (bicyclic) bond motifs is 1. The largest absolute Gasteiger partial charge is 0.378 e. The summed E-state index contributed by atoms with van der Waals surface area (Å²) in [5, 5.41) is 9.99. The summed E-state index contributed by atoms with van der Waals surface area (Å²) in [6.45, 7) is 4.73. The average Bonchev–Trinajstić information content (AvgIpc) is 2.89. The highest BCUT2D eigenvalue weighted by molar-refractivity contribution is 5.86. The molecule has 0 spiro atoms. The van der Waals surface area contributed by atoms with E-state index in [1.807, 2.05) is 43.3 Å². The molecule has 0 bridgehead atoms. The Morgan fingerprint density at radius 3 is 2.46 bits per heavy atom. The monoisotopic (exact) mass is 465 g/mol. The Morgan fingerprint density at radius 1 is 0.886 bits per heavy atom. The first-order valence-electron chi connectivity index (χ1n) is 11.6. The van der Waals surface area contributed by atoms with Crippen LogP contribution in [-0.4, -0.2) is 47.5 Å². The summed E-state index contributed by atoms with van der Waals surface area (Å²) in [7, 11) is 0. The second kappa shape index (κ2) is 10.8. The molecule has 176 valence electrons. The third kappa shape index (κ3) is 5.99. The number of aromatic nitrogens is 3. The molecule has 2 N–H and O–H groups in total. The van der Waals surface area contributed by atoms with Gasteiger partial charge in [-0.1, -0.05) is 66.7 Å². The van der Waals surface area contributed by atoms with Gasteiger partial charge in [-0.25, -0.2) is 5.43 Å². The molecule has 3 aromatic carbocycles. The third-order valence-electron chi connectivity index (χ3n) is 5.55. The molecule has 8 heteroatoms. The summed E-state index contributed by atoms with van der Waals surface area (Å²) in [6, 6.07) is 24.5. The van der Waals surface area contributed by atoms with Gasteiger partial charge in [-0.2, -0.15) is 20.1 Å². The van der Waals surface area contributed by atoms with E-state index in [4.69, 9.17) is 4.74 Å². The highest BCUT2D eigenvalue weighted by atomic mass is 16.5. The Hall–Kier alpha value is -4.30. The van der Waals surface area contributed by atoms with Crippen LogP contribution in [0.1, 0.15) is 12.5 Å². The van der Waals surface area contributed by atoms with E-state index in [1.54, 1.807) is 6.21 Å². The molecule has 8 nitrogen and oxygen atoms in total. The molecule has 0 atom stereocenters. The van der Waals surface area contributed by atoms with Crippen LogP contribution in [0.25, 0.3) is 16.8 Å². The second-order valence-electron chi connectivity index (χ2n) is 8.24. The standard InChI is InChI=1S/C27H27N7O/c1-20(17-21-7-3-2-4-8-21)19-28-33-26-30-25(31-27(32-26)34-13-15-35-16-14-34)29-24-12-11-22-9-5-6-10-23(22)18-24/h2-12,17-19H,13-16H2,1H3,(H2,29,30,31,32,33)/b20-17+,28-19-. The second-order valence-corrected chi connectivity index (χ2v) is 8.24. The van der Waals surface area contributed by atoms with Gasteiger partial charge >= 0.3 is 0 Å². The number of nitrogens with one attached hydrogen (secondary N) is 2. The summed E-state index contributed by atoms with van der Waals surface area (Å²) < 4.78 is 5.48. The van der Waals surface area contributed by atoms with E-state index >= 15 is 0 Å². The van der Waals surface area contributed by atoms with Crippen LogP contribution in [0.15, 0.2) is 83.5 Å². The van der Waals surface area contributed by atoms with Crippen molar-refractivity contribution in [2.24, 2.45) is 5.10 Å². The lowest BCUT2D eigenvalue weighted by atomic mass is 10.1. The van der Waals surface area contributed by atoms with Crippen LogP contribution in [0.3, 0.4) is 0 Å². The molecule has 0 unspecified atom stereocenters. The fourth-order valence-electron chi connectivity index (χ4n) is 3.81. The predicted molar refractivity (Wildman–Crippen MR) is 142 cm³/mol. The van der Waals surface area contributed by atoms with Crippen LogP contribution in [0, 0.1) is 0 Å². The van der Waals surface area contributed by atoms with Gasteiger partial charge in [-0.3, -0.25) is 0 Å². The maximum absolute atomic E-state index is 5.48.